The Hall–Kier alpha value is 0.860. The van der Waals surface area contributed by atoms with Crippen LogP contribution in [0.15, 0.2) is 0 Å². The van der Waals surface area contributed by atoms with Crippen molar-refractivity contribution < 1.29 is 3.44 Å². The third kappa shape index (κ3) is 4.68. The van der Waals surface area contributed by atoms with Crippen LogP contribution in [-0.4, -0.2) is 20.9 Å². The van der Waals surface area contributed by atoms with E-state index in [0.717, 1.165) is 32.1 Å². The molecule has 0 radical (unpaired) electrons. The van der Waals surface area contributed by atoms with Gasteiger partial charge in [0.2, 0.25) is 0 Å². The number of nitrogens with one attached hydrogen (secondary N) is 1. The van der Waals surface area contributed by atoms with Crippen molar-refractivity contribution in [1.82, 2.24) is 3.53 Å². The second kappa shape index (κ2) is 7.75. The molecule has 2 fully saturated rings. The van der Waals surface area contributed by atoms with Gasteiger partial charge in [-0.25, -0.2) is 0 Å². The second-order valence-electron chi connectivity index (χ2n) is 6.04. The van der Waals surface area contributed by atoms with Gasteiger partial charge in [0.25, 0.3) is 0 Å². The number of alkyl halides is 1. The van der Waals surface area contributed by atoms with Crippen molar-refractivity contribution in [3.05, 3.63) is 0 Å². The molecule has 6 heteroatoms. The van der Waals surface area contributed by atoms with Gasteiger partial charge in [0.1, 0.15) is 0 Å². The van der Waals surface area contributed by atoms with Gasteiger partial charge in [-0.05, 0) is 0 Å². The summed E-state index contributed by atoms with van der Waals surface area (Å²) in [5.74, 6) is 1.07. The summed E-state index contributed by atoms with van der Waals surface area (Å²) in [5.41, 5.74) is 6.55. The molecular formula is C13H27ClIN3O. The third-order valence-corrected chi connectivity index (χ3v) is 6.69. The van der Waals surface area contributed by atoms with Gasteiger partial charge in [0, 0.05) is 0 Å². The van der Waals surface area contributed by atoms with Crippen molar-refractivity contribution >= 4 is 32.4 Å². The topological polar surface area (TPSA) is 84.3 Å². The SMILES string of the molecule is NC(C1CCC(Cl)CC1)C1CCCCC1NI(N)O. The van der Waals surface area contributed by atoms with Crippen LogP contribution in [0, 0.1) is 11.8 Å². The molecule has 0 aromatic heterocycles. The summed E-state index contributed by atoms with van der Waals surface area (Å²) in [6.45, 7) is 0. The van der Waals surface area contributed by atoms with Gasteiger partial charge >= 0.3 is 130 Å². The molecule has 3 unspecified atom stereocenters. The van der Waals surface area contributed by atoms with E-state index in [-0.39, 0.29) is 6.04 Å². The van der Waals surface area contributed by atoms with Gasteiger partial charge in [-0.1, -0.05) is 0 Å². The summed E-state index contributed by atoms with van der Waals surface area (Å²) in [6, 6.07) is 0.565. The van der Waals surface area contributed by atoms with Gasteiger partial charge in [0.15, 0.2) is 0 Å². The van der Waals surface area contributed by atoms with E-state index >= 15 is 0 Å². The van der Waals surface area contributed by atoms with Crippen LogP contribution in [-0.2, 0) is 0 Å². The summed E-state index contributed by atoms with van der Waals surface area (Å²) in [5, 5.41) is 0.350. The Morgan fingerprint density at radius 2 is 1.74 bits per heavy atom. The molecule has 0 saturated heterocycles. The first-order valence-corrected chi connectivity index (χ1v) is 11.1. The third-order valence-electron chi connectivity index (χ3n) is 4.81. The van der Waals surface area contributed by atoms with Crippen molar-refractivity contribution in [1.29, 1.82) is 0 Å². The maximum absolute atomic E-state index is 9.51. The van der Waals surface area contributed by atoms with Crippen molar-refractivity contribution in [2.75, 3.05) is 0 Å². The predicted molar refractivity (Wildman–Crippen MR) is 88.9 cm³/mol. The zero-order chi connectivity index (χ0) is 13.8. The fourth-order valence-corrected chi connectivity index (χ4v) is 5.56. The van der Waals surface area contributed by atoms with Crippen LogP contribution >= 0.6 is 32.4 Å². The van der Waals surface area contributed by atoms with E-state index in [1.54, 1.807) is 0 Å². The molecule has 0 spiro atoms. The number of hydrogen-bond acceptors (Lipinski definition) is 4. The molecule has 6 N–H and O–H groups in total. The first-order chi connectivity index (χ1) is 9.08. The van der Waals surface area contributed by atoms with Crippen LogP contribution in [0.3, 0.4) is 0 Å². The van der Waals surface area contributed by atoms with E-state index in [2.05, 4.69) is 3.53 Å². The molecule has 0 amide bonds. The van der Waals surface area contributed by atoms with E-state index in [1.807, 2.05) is 0 Å². The first kappa shape index (κ1) is 16.2. The zero-order valence-corrected chi connectivity index (χ0v) is 14.3. The van der Waals surface area contributed by atoms with Crippen molar-refractivity contribution in [2.45, 2.75) is 68.8 Å². The van der Waals surface area contributed by atoms with Crippen molar-refractivity contribution in [3.63, 3.8) is 0 Å². The molecule has 114 valence electrons. The molecular weight excluding hydrogens is 377 g/mol. The fraction of sp³-hybridized carbons (Fsp3) is 1.00. The molecule has 0 aromatic rings. The Morgan fingerprint density at radius 3 is 2.37 bits per heavy atom. The molecule has 4 nitrogen and oxygen atoms in total. The van der Waals surface area contributed by atoms with E-state index in [9.17, 15) is 3.44 Å². The Bertz CT molecular complexity index is 275. The van der Waals surface area contributed by atoms with Crippen LogP contribution < -0.4 is 13.2 Å². The summed E-state index contributed by atoms with van der Waals surface area (Å²) < 4.78 is 18.4. The monoisotopic (exact) mass is 403 g/mol. The quantitative estimate of drug-likeness (QED) is 0.330. The summed E-state index contributed by atoms with van der Waals surface area (Å²) in [4.78, 5) is 0. The molecule has 0 aromatic carbocycles. The van der Waals surface area contributed by atoms with E-state index < -0.39 is 20.8 Å². The normalized spacial score (nSPS) is 38.8. The molecule has 2 aliphatic carbocycles. The van der Waals surface area contributed by atoms with E-state index in [0.29, 0.717) is 23.3 Å². The summed E-state index contributed by atoms with van der Waals surface area (Å²) >= 11 is 3.81. The van der Waals surface area contributed by atoms with Gasteiger partial charge < -0.3 is 0 Å². The average Bonchev–Trinajstić information content (AvgIpc) is 2.39. The van der Waals surface area contributed by atoms with Crippen LogP contribution in [0.1, 0.15) is 51.4 Å². The molecule has 2 aliphatic rings. The van der Waals surface area contributed by atoms with Crippen LogP contribution in [0.5, 0.6) is 0 Å². The van der Waals surface area contributed by atoms with E-state index in [4.69, 9.17) is 21.3 Å². The van der Waals surface area contributed by atoms with Crippen LogP contribution in [0.2, 0.25) is 0 Å². The fourth-order valence-electron chi connectivity index (χ4n) is 3.71. The maximum atomic E-state index is 9.51. The Balaban J connectivity index is 1.92. The second-order valence-corrected chi connectivity index (χ2v) is 8.95. The van der Waals surface area contributed by atoms with E-state index in [1.165, 1.54) is 19.3 Å². The zero-order valence-electron chi connectivity index (χ0n) is 11.4. The molecule has 3 atom stereocenters. The Kier molecular flexibility index (Phi) is 6.62. The minimum atomic E-state index is -2.37. The summed E-state index contributed by atoms with van der Waals surface area (Å²) in [7, 11) is 0. The molecule has 0 heterocycles. The number of nitrogens with two attached hydrogens (primary N) is 2. The Morgan fingerprint density at radius 1 is 1.11 bits per heavy atom. The standard InChI is InChI=1S/C13H27ClIN3O/c14-10-7-5-9(6-8-10)13(16)11-3-1-2-4-12(11)18-15(17)19/h9-13,18-19H,1-8,16-17H2. The number of hydrogen-bond donors (Lipinski definition) is 4. The Labute approximate surface area is 129 Å². The molecule has 19 heavy (non-hydrogen) atoms. The van der Waals surface area contributed by atoms with Crippen molar-refractivity contribution in [2.24, 2.45) is 21.5 Å². The van der Waals surface area contributed by atoms with Crippen molar-refractivity contribution in [3.8, 4) is 0 Å². The van der Waals surface area contributed by atoms with Gasteiger partial charge in [0.05, 0.1) is 0 Å². The van der Waals surface area contributed by atoms with Crippen LogP contribution in [0.4, 0.5) is 0 Å². The molecule has 0 aliphatic heterocycles. The number of rotatable bonds is 4. The predicted octanol–water partition coefficient (Wildman–Crippen LogP) is 2.46. The van der Waals surface area contributed by atoms with Gasteiger partial charge in [-0.15, -0.1) is 0 Å². The minimum absolute atomic E-state index is 0.234. The van der Waals surface area contributed by atoms with Gasteiger partial charge in [-0.3, -0.25) is 0 Å². The number of halogens is 2. The van der Waals surface area contributed by atoms with Gasteiger partial charge in [-0.2, -0.15) is 0 Å². The molecule has 2 saturated carbocycles. The van der Waals surface area contributed by atoms with Crippen LogP contribution in [0.25, 0.3) is 0 Å². The first-order valence-electron chi connectivity index (χ1n) is 7.37. The average molecular weight is 404 g/mol. The molecule has 2 rings (SSSR count). The summed E-state index contributed by atoms with van der Waals surface area (Å²) in [6.07, 6.45) is 9.26. The molecule has 0 bridgehead atoms.